The molecule has 1 unspecified atom stereocenters. The third-order valence-corrected chi connectivity index (χ3v) is 8.16. The zero-order valence-electron chi connectivity index (χ0n) is 16.2. The van der Waals surface area contributed by atoms with E-state index >= 15 is 0 Å². The molecule has 2 rings (SSSR count). The van der Waals surface area contributed by atoms with Crippen molar-refractivity contribution in [2.75, 3.05) is 39.5 Å². The van der Waals surface area contributed by atoms with Crippen LogP contribution in [0.5, 0.6) is 0 Å². The summed E-state index contributed by atoms with van der Waals surface area (Å²) < 4.78 is 24.5. The normalized spacial score (nSPS) is 25.5. The van der Waals surface area contributed by atoms with Gasteiger partial charge in [0.15, 0.2) is 0 Å². The molecule has 1 atom stereocenters. The quantitative estimate of drug-likeness (QED) is 0.457. The van der Waals surface area contributed by atoms with Crippen molar-refractivity contribution in [2.24, 2.45) is 0 Å². The lowest BCUT2D eigenvalue weighted by atomic mass is 9.94. The van der Waals surface area contributed by atoms with Gasteiger partial charge in [0.05, 0.1) is 12.7 Å². The van der Waals surface area contributed by atoms with Crippen LogP contribution in [0.4, 0.5) is 0 Å². The molecule has 1 heterocycles. The fourth-order valence-corrected chi connectivity index (χ4v) is 6.72. The Bertz CT molecular complexity index is 370. The first-order valence-electron chi connectivity index (χ1n) is 10.1. The molecular formula is C19H37NO4Si. The van der Waals surface area contributed by atoms with Gasteiger partial charge >= 0.3 is 8.80 Å². The second-order valence-corrected chi connectivity index (χ2v) is 9.68. The third-order valence-electron chi connectivity index (χ3n) is 5.04. The van der Waals surface area contributed by atoms with Gasteiger partial charge in [0.2, 0.25) is 0 Å². The van der Waals surface area contributed by atoms with Crippen LogP contribution in [0.2, 0.25) is 6.04 Å². The van der Waals surface area contributed by atoms with E-state index in [-0.39, 0.29) is 6.10 Å². The number of nitrogens with zero attached hydrogens (tertiary/aromatic N) is 1. The van der Waals surface area contributed by atoms with E-state index in [9.17, 15) is 0 Å². The molecule has 1 aliphatic heterocycles. The highest BCUT2D eigenvalue weighted by atomic mass is 28.4. The highest BCUT2D eigenvalue weighted by Crippen LogP contribution is 2.26. The summed E-state index contributed by atoms with van der Waals surface area (Å²) in [5.74, 6) is 0. The predicted octanol–water partition coefficient (Wildman–Crippen LogP) is 3.62. The smallest absolute Gasteiger partial charge is 0.379 e. The summed E-state index contributed by atoms with van der Waals surface area (Å²) in [7, 11) is -2.60. The summed E-state index contributed by atoms with van der Waals surface area (Å²) in [4.78, 5) is 2.53. The molecule has 0 amide bonds. The summed E-state index contributed by atoms with van der Waals surface area (Å²) in [5, 5.41) is 0. The number of ether oxygens (including phenoxy) is 1. The number of hydrogen-bond donors (Lipinski definition) is 0. The van der Waals surface area contributed by atoms with Crippen molar-refractivity contribution in [2.45, 2.75) is 70.6 Å². The Morgan fingerprint density at radius 1 is 1.12 bits per heavy atom. The molecule has 0 radical (unpaired) electrons. The van der Waals surface area contributed by atoms with Crippen LogP contribution in [0, 0.1) is 0 Å². The molecule has 0 N–H and O–H groups in total. The molecule has 25 heavy (non-hydrogen) atoms. The van der Waals surface area contributed by atoms with Crippen LogP contribution < -0.4 is 0 Å². The van der Waals surface area contributed by atoms with Crippen molar-refractivity contribution in [3.63, 3.8) is 0 Å². The van der Waals surface area contributed by atoms with Crippen molar-refractivity contribution in [3.05, 3.63) is 12.7 Å². The first-order valence-corrected chi connectivity index (χ1v) is 12.0. The van der Waals surface area contributed by atoms with Gasteiger partial charge < -0.3 is 18.0 Å². The van der Waals surface area contributed by atoms with Crippen LogP contribution in [0.3, 0.4) is 0 Å². The molecule has 6 heteroatoms. The molecule has 146 valence electrons. The maximum absolute atomic E-state index is 6.52. The van der Waals surface area contributed by atoms with Gasteiger partial charge in [-0.3, -0.25) is 4.90 Å². The highest BCUT2D eigenvalue weighted by Gasteiger charge is 2.44. The van der Waals surface area contributed by atoms with Crippen LogP contribution in [0.15, 0.2) is 12.7 Å². The lowest BCUT2D eigenvalue weighted by Crippen LogP contribution is -2.54. The molecule has 5 nitrogen and oxygen atoms in total. The van der Waals surface area contributed by atoms with Crippen LogP contribution in [0.1, 0.15) is 52.4 Å². The monoisotopic (exact) mass is 371 g/mol. The molecule has 0 aromatic carbocycles. The zero-order valence-corrected chi connectivity index (χ0v) is 17.2. The second kappa shape index (κ2) is 11.5. The Kier molecular flexibility index (Phi) is 9.66. The fourth-order valence-electron chi connectivity index (χ4n) is 3.98. The van der Waals surface area contributed by atoms with Gasteiger partial charge in [-0.15, -0.1) is 6.58 Å². The minimum Gasteiger partial charge on any atom is -0.379 e. The molecule has 0 bridgehead atoms. The zero-order chi connectivity index (χ0) is 18.0. The van der Waals surface area contributed by atoms with Crippen molar-refractivity contribution < 1.29 is 18.0 Å². The van der Waals surface area contributed by atoms with E-state index < -0.39 is 8.80 Å². The highest BCUT2D eigenvalue weighted by molar-refractivity contribution is 6.60. The summed E-state index contributed by atoms with van der Waals surface area (Å²) in [6.07, 6.45) is 9.54. The molecule has 2 aliphatic rings. The molecule has 1 saturated heterocycles. The standard InChI is InChI=1S/C19H37NO4Si/c1-4-13-20(18-11-8-7-9-12-18)16-19-17-21-14-10-15-25(24-19,22-5-2)23-6-3/h4,18-19H,1,5-17H2,2-3H3. The van der Waals surface area contributed by atoms with Gasteiger partial charge in [-0.25, -0.2) is 0 Å². The summed E-state index contributed by atoms with van der Waals surface area (Å²) in [6, 6.07) is 1.48. The minimum absolute atomic E-state index is 0.00643. The molecule has 0 spiro atoms. The van der Waals surface area contributed by atoms with Crippen LogP contribution in [0.25, 0.3) is 0 Å². The van der Waals surface area contributed by atoms with Gasteiger partial charge in [0.1, 0.15) is 0 Å². The van der Waals surface area contributed by atoms with Crippen molar-refractivity contribution in [1.82, 2.24) is 4.90 Å². The van der Waals surface area contributed by atoms with Gasteiger partial charge in [0.25, 0.3) is 0 Å². The Hall–Kier alpha value is -0.243. The van der Waals surface area contributed by atoms with E-state index in [0.717, 1.165) is 32.2 Å². The lowest BCUT2D eigenvalue weighted by Gasteiger charge is -2.39. The minimum atomic E-state index is -2.60. The van der Waals surface area contributed by atoms with E-state index in [1.54, 1.807) is 0 Å². The van der Waals surface area contributed by atoms with Crippen LogP contribution >= 0.6 is 0 Å². The molecule has 2 fully saturated rings. The molecular weight excluding hydrogens is 334 g/mol. The first kappa shape index (κ1) is 21.1. The van der Waals surface area contributed by atoms with Gasteiger partial charge in [-0.2, -0.15) is 0 Å². The average molecular weight is 372 g/mol. The Balaban J connectivity index is 2.05. The predicted molar refractivity (Wildman–Crippen MR) is 103 cm³/mol. The fraction of sp³-hybridized carbons (Fsp3) is 0.895. The van der Waals surface area contributed by atoms with Gasteiger partial charge in [-0.05, 0) is 33.1 Å². The third kappa shape index (κ3) is 6.77. The molecule has 1 saturated carbocycles. The Morgan fingerprint density at radius 2 is 1.84 bits per heavy atom. The second-order valence-electron chi connectivity index (χ2n) is 7.00. The lowest BCUT2D eigenvalue weighted by molar-refractivity contribution is -0.0408. The summed E-state index contributed by atoms with van der Waals surface area (Å²) in [5.41, 5.74) is 0. The van der Waals surface area contributed by atoms with E-state index in [2.05, 4.69) is 11.5 Å². The van der Waals surface area contributed by atoms with Crippen LogP contribution in [-0.2, 0) is 18.0 Å². The van der Waals surface area contributed by atoms with E-state index in [1.807, 2.05) is 19.9 Å². The van der Waals surface area contributed by atoms with Gasteiger partial charge in [-0.1, -0.05) is 25.3 Å². The van der Waals surface area contributed by atoms with Gasteiger partial charge in [0, 0.05) is 45.0 Å². The first-order chi connectivity index (χ1) is 12.2. The van der Waals surface area contributed by atoms with E-state index in [4.69, 9.17) is 18.0 Å². The Morgan fingerprint density at radius 3 is 2.48 bits per heavy atom. The maximum Gasteiger partial charge on any atom is 0.501 e. The van der Waals surface area contributed by atoms with E-state index in [1.165, 1.54) is 32.1 Å². The topological polar surface area (TPSA) is 40.2 Å². The number of rotatable bonds is 9. The van der Waals surface area contributed by atoms with Crippen molar-refractivity contribution >= 4 is 8.80 Å². The molecule has 0 aromatic rings. The maximum atomic E-state index is 6.52. The SMILES string of the molecule is C=CCN(CC1COCCC[Si](OCC)(OCC)O1)C1CCCCC1. The summed E-state index contributed by atoms with van der Waals surface area (Å²) >= 11 is 0. The summed E-state index contributed by atoms with van der Waals surface area (Å²) in [6.45, 7) is 12.4. The molecule has 0 aromatic heterocycles. The van der Waals surface area contributed by atoms with Crippen molar-refractivity contribution in [1.29, 1.82) is 0 Å². The number of hydrogen-bond acceptors (Lipinski definition) is 5. The van der Waals surface area contributed by atoms with Crippen molar-refractivity contribution in [3.8, 4) is 0 Å². The van der Waals surface area contributed by atoms with Crippen LogP contribution in [-0.4, -0.2) is 65.4 Å². The Labute approximate surface area is 155 Å². The molecule has 1 aliphatic carbocycles. The van der Waals surface area contributed by atoms with E-state index in [0.29, 0.717) is 25.9 Å². The largest absolute Gasteiger partial charge is 0.501 e. The average Bonchev–Trinajstić information content (AvgIpc) is 2.60.